The third-order valence-electron chi connectivity index (χ3n) is 6.40. The Balaban J connectivity index is 2.09. The van der Waals surface area contributed by atoms with Gasteiger partial charge >= 0.3 is 0 Å². The van der Waals surface area contributed by atoms with E-state index < -0.39 is 34.3 Å². The van der Waals surface area contributed by atoms with Crippen LogP contribution in [-0.2, 0) is 26.2 Å². The molecule has 40 heavy (non-hydrogen) atoms. The van der Waals surface area contributed by atoms with Gasteiger partial charge in [0.1, 0.15) is 18.4 Å². The van der Waals surface area contributed by atoms with Gasteiger partial charge < -0.3 is 19.7 Å². The summed E-state index contributed by atoms with van der Waals surface area (Å²) >= 11 is 0. The van der Waals surface area contributed by atoms with Gasteiger partial charge in [-0.15, -0.1) is 0 Å². The van der Waals surface area contributed by atoms with Crippen molar-refractivity contribution >= 4 is 27.5 Å². The van der Waals surface area contributed by atoms with Crippen molar-refractivity contribution in [2.45, 2.75) is 37.8 Å². The van der Waals surface area contributed by atoms with Gasteiger partial charge in [-0.25, -0.2) is 12.8 Å². The summed E-state index contributed by atoms with van der Waals surface area (Å²) in [5.41, 5.74) is 1.83. The third-order valence-corrected chi connectivity index (χ3v) is 8.17. The molecule has 3 aromatic carbocycles. The summed E-state index contributed by atoms with van der Waals surface area (Å²) in [7, 11) is -0.0820. The van der Waals surface area contributed by atoms with E-state index >= 15 is 0 Å². The summed E-state index contributed by atoms with van der Waals surface area (Å²) in [6, 6.07) is 15.5. The fraction of sp³-hybridized carbons (Fsp3) is 0.310. The van der Waals surface area contributed by atoms with E-state index in [9.17, 15) is 22.4 Å². The third kappa shape index (κ3) is 6.90. The predicted molar refractivity (Wildman–Crippen MR) is 150 cm³/mol. The maximum Gasteiger partial charge on any atom is 0.264 e. The maximum atomic E-state index is 14.0. The minimum Gasteiger partial charge on any atom is -0.493 e. The Kier molecular flexibility index (Phi) is 10.1. The van der Waals surface area contributed by atoms with Crippen LogP contribution in [0.1, 0.15) is 24.5 Å². The van der Waals surface area contributed by atoms with Crippen LogP contribution >= 0.6 is 0 Å². The maximum absolute atomic E-state index is 14.0. The molecule has 0 fully saturated rings. The molecule has 3 aromatic rings. The highest BCUT2D eigenvalue weighted by Gasteiger charge is 2.34. The van der Waals surface area contributed by atoms with E-state index in [4.69, 9.17) is 9.47 Å². The molecule has 0 radical (unpaired) electrons. The number of hydrogen-bond donors (Lipinski definition) is 1. The molecule has 1 unspecified atom stereocenters. The molecule has 0 aliphatic carbocycles. The summed E-state index contributed by atoms with van der Waals surface area (Å²) < 4.78 is 53.1. The molecule has 3 rings (SSSR count). The molecule has 2 amide bonds. The fourth-order valence-electron chi connectivity index (χ4n) is 4.33. The molecule has 0 heterocycles. The number of ether oxygens (including phenoxy) is 2. The van der Waals surface area contributed by atoms with E-state index in [-0.39, 0.29) is 28.8 Å². The van der Waals surface area contributed by atoms with E-state index in [0.29, 0.717) is 12.2 Å². The number of carbonyl (C=O) groups is 2. The van der Waals surface area contributed by atoms with E-state index in [1.807, 2.05) is 31.2 Å². The van der Waals surface area contributed by atoms with Crippen molar-refractivity contribution in [3.05, 3.63) is 83.7 Å². The van der Waals surface area contributed by atoms with Crippen molar-refractivity contribution in [2.75, 3.05) is 32.1 Å². The molecule has 0 aliphatic heterocycles. The number of nitrogens with one attached hydrogen (secondary N) is 1. The number of aryl methyl sites for hydroxylation is 1. The zero-order valence-electron chi connectivity index (χ0n) is 23.2. The number of anilines is 1. The summed E-state index contributed by atoms with van der Waals surface area (Å²) in [5, 5.41) is 2.59. The van der Waals surface area contributed by atoms with Crippen LogP contribution in [-0.4, -0.2) is 59.0 Å². The number of hydrogen-bond acceptors (Lipinski definition) is 6. The molecular formula is C29H34FN3O6S. The molecule has 1 N–H and O–H groups in total. The van der Waals surface area contributed by atoms with Crippen molar-refractivity contribution < 1.29 is 31.9 Å². The lowest BCUT2D eigenvalue weighted by atomic mass is 10.1. The van der Waals surface area contributed by atoms with Gasteiger partial charge in [0.15, 0.2) is 11.5 Å². The number of amides is 2. The topological polar surface area (TPSA) is 105 Å². The smallest absolute Gasteiger partial charge is 0.264 e. The summed E-state index contributed by atoms with van der Waals surface area (Å²) in [6.45, 7) is 3.13. The van der Waals surface area contributed by atoms with Crippen LogP contribution in [0.3, 0.4) is 0 Å². The quantitative estimate of drug-likeness (QED) is 0.354. The Morgan fingerprint density at radius 2 is 1.65 bits per heavy atom. The molecule has 1 atom stereocenters. The van der Waals surface area contributed by atoms with Crippen molar-refractivity contribution in [3.63, 3.8) is 0 Å². The highest BCUT2D eigenvalue weighted by atomic mass is 32.2. The number of likely N-dealkylation sites (N-methyl/N-ethyl adjacent to an activating group) is 1. The molecule has 11 heteroatoms. The van der Waals surface area contributed by atoms with E-state index in [2.05, 4.69) is 5.32 Å². The van der Waals surface area contributed by atoms with Crippen LogP contribution in [0.25, 0.3) is 0 Å². The van der Waals surface area contributed by atoms with Gasteiger partial charge in [0.2, 0.25) is 11.8 Å². The Morgan fingerprint density at radius 1 is 0.975 bits per heavy atom. The van der Waals surface area contributed by atoms with Gasteiger partial charge in [0.05, 0.1) is 24.8 Å². The first-order valence-electron chi connectivity index (χ1n) is 12.6. The lowest BCUT2D eigenvalue weighted by molar-refractivity contribution is -0.140. The monoisotopic (exact) mass is 571 g/mol. The molecule has 9 nitrogen and oxygen atoms in total. The molecule has 0 saturated carbocycles. The number of methoxy groups -OCH3 is 2. The second-order valence-corrected chi connectivity index (χ2v) is 10.9. The zero-order valence-corrected chi connectivity index (χ0v) is 24.0. The average Bonchev–Trinajstić information content (AvgIpc) is 2.95. The average molecular weight is 572 g/mol. The number of benzene rings is 3. The molecule has 0 aromatic heterocycles. The summed E-state index contributed by atoms with van der Waals surface area (Å²) in [6.07, 6.45) is 0.302. The van der Waals surface area contributed by atoms with Gasteiger partial charge in [-0.1, -0.05) is 36.8 Å². The fourth-order valence-corrected chi connectivity index (χ4v) is 5.76. The number of rotatable bonds is 12. The summed E-state index contributed by atoms with van der Waals surface area (Å²) in [4.78, 5) is 27.9. The number of nitrogens with zero attached hydrogens (tertiary/aromatic N) is 2. The van der Waals surface area contributed by atoms with Crippen LogP contribution in [0.4, 0.5) is 10.1 Å². The van der Waals surface area contributed by atoms with Crippen LogP contribution in [0.2, 0.25) is 0 Å². The van der Waals surface area contributed by atoms with Crippen LogP contribution in [0.5, 0.6) is 11.5 Å². The number of sulfonamides is 1. The van der Waals surface area contributed by atoms with Crippen molar-refractivity contribution in [3.8, 4) is 11.5 Å². The van der Waals surface area contributed by atoms with Crippen LogP contribution in [0.15, 0.2) is 71.6 Å². The van der Waals surface area contributed by atoms with Crippen LogP contribution in [0, 0.1) is 12.7 Å². The first-order chi connectivity index (χ1) is 19.0. The summed E-state index contributed by atoms with van der Waals surface area (Å²) in [5.74, 6) is -1.04. The van der Waals surface area contributed by atoms with E-state index in [1.54, 1.807) is 6.92 Å². The Bertz CT molecular complexity index is 1450. The molecule has 0 spiro atoms. The Labute approximate surface area is 234 Å². The van der Waals surface area contributed by atoms with E-state index in [1.165, 1.54) is 56.5 Å². The van der Waals surface area contributed by atoms with Gasteiger partial charge in [0.25, 0.3) is 10.0 Å². The standard InChI is InChI=1S/C29H34FN3O6S/c1-6-25(29(35)31-3)32(18-21-9-7-8-20(2)16-21)28(34)19-33(23-12-10-22(30)11-13-23)40(36,37)24-14-15-26(38-4)27(17-24)39-5/h7-17,25H,6,18-19H2,1-5H3,(H,31,35). The zero-order chi connectivity index (χ0) is 29.4. The lowest BCUT2D eigenvalue weighted by Crippen LogP contribution is -2.51. The molecule has 0 bridgehead atoms. The minimum absolute atomic E-state index is 0.0769. The molecule has 0 aliphatic rings. The Hall–Kier alpha value is -4.12. The van der Waals surface area contributed by atoms with Gasteiger partial charge in [0, 0.05) is 19.7 Å². The largest absolute Gasteiger partial charge is 0.493 e. The molecular weight excluding hydrogens is 537 g/mol. The normalized spacial score (nSPS) is 11.8. The number of carbonyl (C=O) groups excluding carboxylic acids is 2. The van der Waals surface area contributed by atoms with Crippen molar-refractivity contribution in [1.82, 2.24) is 10.2 Å². The molecule has 0 saturated heterocycles. The van der Waals surface area contributed by atoms with Gasteiger partial charge in [-0.2, -0.15) is 0 Å². The predicted octanol–water partition coefficient (Wildman–Crippen LogP) is 3.90. The second-order valence-electron chi connectivity index (χ2n) is 9.05. The molecule has 214 valence electrons. The van der Waals surface area contributed by atoms with Crippen molar-refractivity contribution in [2.24, 2.45) is 0 Å². The SMILES string of the molecule is CCC(C(=O)NC)N(Cc1cccc(C)c1)C(=O)CN(c1ccc(F)cc1)S(=O)(=O)c1ccc(OC)c(OC)c1. The first-order valence-corrected chi connectivity index (χ1v) is 14.1. The van der Waals surface area contributed by atoms with Gasteiger partial charge in [-0.3, -0.25) is 13.9 Å². The highest BCUT2D eigenvalue weighted by Crippen LogP contribution is 2.32. The number of halogens is 1. The van der Waals surface area contributed by atoms with Crippen LogP contribution < -0.4 is 19.1 Å². The van der Waals surface area contributed by atoms with E-state index in [0.717, 1.165) is 27.6 Å². The van der Waals surface area contributed by atoms with Gasteiger partial charge in [-0.05, 0) is 55.3 Å². The second kappa shape index (κ2) is 13.3. The Morgan fingerprint density at radius 3 is 2.23 bits per heavy atom. The minimum atomic E-state index is -4.36. The van der Waals surface area contributed by atoms with Crippen molar-refractivity contribution in [1.29, 1.82) is 0 Å². The highest BCUT2D eigenvalue weighted by molar-refractivity contribution is 7.92. The first kappa shape index (κ1) is 30.4. The lowest BCUT2D eigenvalue weighted by Gasteiger charge is -2.33.